The van der Waals surface area contributed by atoms with Gasteiger partial charge in [0.2, 0.25) is 0 Å². The van der Waals surface area contributed by atoms with Crippen molar-refractivity contribution in [1.29, 1.82) is 0 Å². The smallest absolute Gasteiger partial charge is 0.252 e. The molecule has 0 radical (unpaired) electrons. The normalized spacial score (nSPS) is 23.4. The molecule has 2 fully saturated rings. The number of sulfone groups is 1. The lowest BCUT2D eigenvalue weighted by atomic mass is 10.2. The highest BCUT2D eigenvalue weighted by atomic mass is 32.2. The number of nitrogens with zero attached hydrogens (tertiary/aromatic N) is 4. The topological polar surface area (TPSA) is 92.6 Å². The largest absolute Gasteiger partial charge is 0.366 e. The van der Waals surface area contributed by atoms with Crippen LogP contribution in [0.5, 0.6) is 0 Å². The molecule has 2 aromatic heterocycles. The molecule has 0 aromatic carbocycles. The maximum absolute atomic E-state index is 12.7. The van der Waals surface area contributed by atoms with E-state index in [1.165, 1.54) is 15.6 Å². The van der Waals surface area contributed by atoms with Crippen molar-refractivity contribution in [3.63, 3.8) is 0 Å². The van der Waals surface area contributed by atoms with Crippen LogP contribution in [0.3, 0.4) is 0 Å². The highest BCUT2D eigenvalue weighted by Crippen LogP contribution is 2.32. The van der Waals surface area contributed by atoms with Gasteiger partial charge in [-0.15, -0.1) is 11.3 Å². The maximum atomic E-state index is 12.7. The Kier molecular flexibility index (Phi) is 5.05. The molecule has 2 saturated heterocycles. The molecule has 4 rings (SSSR count). The second-order valence-corrected chi connectivity index (χ2v) is 12.7. The van der Waals surface area contributed by atoms with E-state index in [1.807, 2.05) is 18.5 Å². The zero-order chi connectivity index (χ0) is 20.1. The monoisotopic (exact) mass is 444 g/mol. The molecule has 2 aromatic rings. The van der Waals surface area contributed by atoms with Crippen LogP contribution < -0.4 is 4.90 Å². The van der Waals surface area contributed by atoms with Crippen molar-refractivity contribution in [2.24, 2.45) is 0 Å². The molecule has 11 heteroatoms. The van der Waals surface area contributed by atoms with Gasteiger partial charge in [-0.3, -0.25) is 4.68 Å². The van der Waals surface area contributed by atoms with Gasteiger partial charge in [-0.05, 0) is 31.7 Å². The molecular formula is C17H24N4O4S3. The Bertz CT molecular complexity index is 1070. The highest BCUT2D eigenvalue weighted by Gasteiger charge is 2.34. The number of rotatable bonds is 4. The second-order valence-electron chi connectivity index (χ2n) is 7.34. The minimum atomic E-state index is -3.43. The third-order valence-corrected chi connectivity index (χ3v) is 10.5. The summed E-state index contributed by atoms with van der Waals surface area (Å²) in [5, 5.41) is 6.39. The molecule has 0 N–H and O–H groups in total. The lowest BCUT2D eigenvalue weighted by Gasteiger charge is -2.35. The Balaban J connectivity index is 1.51. The predicted octanol–water partition coefficient (Wildman–Crippen LogP) is 1.43. The van der Waals surface area contributed by atoms with Crippen LogP contribution in [-0.2, 0) is 19.9 Å². The average Bonchev–Trinajstić information content (AvgIpc) is 3.35. The van der Waals surface area contributed by atoms with E-state index in [1.54, 1.807) is 17.5 Å². The fourth-order valence-electron chi connectivity index (χ4n) is 4.13. The van der Waals surface area contributed by atoms with Crippen LogP contribution >= 0.6 is 11.3 Å². The van der Waals surface area contributed by atoms with Gasteiger partial charge in [0.15, 0.2) is 9.84 Å². The van der Waals surface area contributed by atoms with Gasteiger partial charge in [-0.1, -0.05) is 6.07 Å². The molecule has 0 unspecified atom stereocenters. The quantitative estimate of drug-likeness (QED) is 0.708. The first-order valence-corrected chi connectivity index (χ1v) is 13.4. The Hall–Kier alpha value is -1.43. The summed E-state index contributed by atoms with van der Waals surface area (Å²) in [6, 6.07) is 3.27. The summed E-state index contributed by atoms with van der Waals surface area (Å²) in [6.45, 7) is 5.90. The van der Waals surface area contributed by atoms with Crippen molar-refractivity contribution < 1.29 is 16.8 Å². The van der Waals surface area contributed by atoms with E-state index in [2.05, 4.69) is 10.00 Å². The standard InChI is InChI=1S/C17H24N4O4S3/c1-13-17(14(2)21(18-13)15-5-11-27(22,23)12-15)19-6-8-20(9-7-19)28(24,25)16-4-3-10-26-16/h3-4,10,15H,5-9,11-12H2,1-2H3/t15-/m1/s1. The van der Waals surface area contributed by atoms with Gasteiger partial charge in [-0.25, -0.2) is 16.8 Å². The minimum absolute atomic E-state index is 0.113. The summed E-state index contributed by atoms with van der Waals surface area (Å²) in [5.74, 6) is 0.353. The van der Waals surface area contributed by atoms with Crippen LogP contribution in [0.25, 0.3) is 0 Å². The lowest BCUT2D eigenvalue weighted by molar-refractivity contribution is 0.385. The van der Waals surface area contributed by atoms with Crippen molar-refractivity contribution in [3.8, 4) is 0 Å². The van der Waals surface area contributed by atoms with Crippen molar-refractivity contribution in [2.45, 2.75) is 30.5 Å². The first-order chi connectivity index (χ1) is 13.2. The van der Waals surface area contributed by atoms with Crippen molar-refractivity contribution in [3.05, 3.63) is 28.9 Å². The predicted molar refractivity (Wildman–Crippen MR) is 109 cm³/mol. The molecule has 0 aliphatic carbocycles. The number of thiophene rings is 1. The second kappa shape index (κ2) is 7.12. The fraction of sp³-hybridized carbons (Fsp3) is 0.588. The summed E-state index contributed by atoms with van der Waals surface area (Å²) >= 11 is 1.24. The van der Waals surface area contributed by atoms with E-state index >= 15 is 0 Å². The summed E-state index contributed by atoms with van der Waals surface area (Å²) in [5.41, 5.74) is 2.81. The Labute approximate surface area is 169 Å². The van der Waals surface area contributed by atoms with Crippen LogP contribution in [0, 0.1) is 13.8 Å². The van der Waals surface area contributed by atoms with Crippen LogP contribution in [0.1, 0.15) is 23.9 Å². The zero-order valence-corrected chi connectivity index (χ0v) is 18.4. The minimum Gasteiger partial charge on any atom is -0.366 e. The molecule has 0 spiro atoms. The molecular weight excluding hydrogens is 420 g/mol. The van der Waals surface area contributed by atoms with Crippen molar-refractivity contribution >= 4 is 36.9 Å². The van der Waals surface area contributed by atoms with E-state index in [-0.39, 0.29) is 17.5 Å². The highest BCUT2D eigenvalue weighted by molar-refractivity contribution is 7.91. The number of piperazine rings is 1. The van der Waals surface area contributed by atoms with Crippen LogP contribution in [0.2, 0.25) is 0 Å². The third-order valence-electron chi connectivity index (χ3n) is 5.49. The van der Waals surface area contributed by atoms with Gasteiger partial charge >= 0.3 is 0 Å². The Morgan fingerprint density at radius 1 is 1.18 bits per heavy atom. The Morgan fingerprint density at radius 3 is 2.46 bits per heavy atom. The number of anilines is 1. The average molecular weight is 445 g/mol. The molecule has 0 bridgehead atoms. The van der Waals surface area contributed by atoms with E-state index in [0.717, 1.165) is 17.1 Å². The number of hydrogen-bond acceptors (Lipinski definition) is 7. The molecule has 154 valence electrons. The van der Waals surface area contributed by atoms with Gasteiger partial charge < -0.3 is 4.90 Å². The van der Waals surface area contributed by atoms with Gasteiger partial charge in [0.25, 0.3) is 10.0 Å². The number of hydrogen-bond donors (Lipinski definition) is 0. The van der Waals surface area contributed by atoms with E-state index in [4.69, 9.17) is 0 Å². The SMILES string of the molecule is Cc1nn([C@@H]2CCS(=O)(=O)C2)c(C)c1N1CCN(S(=O)(=O)c2cccs2)CC1. The summed E-state index contributed by atoms with van der Waals surface area (Å²) in [7, 11) is -6.41. The first-order valence-electron chi connectivity index (χ1n) is 9.24. The van der Waals surface area contributed by atoms with Crippen LogP contribution in [0.15, 0.2) is 21.7 Å². The fourth-order valence-corrected chi connectivity index (χ4v) is 8.38. The lowest BCUT2D eigenvalue weighted by Crippen LogP contribution is -2.48. The molecule has 0 saturated carbocycles. The van der Waals surface area contributed by atoms with Gasteiger partial charge in [0.1, 0.15) is 4.21 Å². The summed E-state index contributed by atoms with van der Waals surface area (Å²) in [4.78, 5) is 2.16. The van der Waals surface area contributed by atoms with Gasteiger partial charge in [0, 0.05) is 26.2 Å². The number of sulfonamides is 1. The van der Waals surface area contributed by atoms with Crippen LogP contribution in [-0.4, -0.2) is 68.6 Å². The number of aryl methyl sites for hydroxylation is 1. The summed E-state index contributed by atoms with van der Waals surface area (Å²) in [6.07, 6.45) is 0.594. The third kappa shape index (κ3) is 3.49. The Morgan fingerprint density at radius 2 is 1.89 bits per heavy atom. The molecule has 0 amide bonds. The van der Waals surface area contributed by atoms with Gasteiger partial charge in [0.05, 0.1) is 34.6 Å². The molecule has 28 heavy (non-hydrogen) atoms. The first kappa shape index (κ1) is 19.9. The van der Waals surface area contributed by atoms with Crippen LogP contribution in [0.4, 0.5) is 5.69 Å². The molecule has 1 atom stereocenters. The van der Waals surface area contributed by atoms with Crippen molar-refractivity contribution in [1.82, 2.24) is 14.1 Å². The van der Waals surface area contributed by atoms with E-state index < -0.39 is 19.9 Å². The van der Waals surface area contributed by atoms with Gasteiger partial charge in [-0.2, -0.15) is 9.40 Å². The van der Waals surface area contributed by atoms with E-state index in [0.29, 0.717) is 36.8 Å². The zero-order valence-electron chi connectivity index (χ0n) is 15.9. The molecule has 2 aliphatic rings. The maximum Gasteiger partial charge on any atom is 0.252 e. The molecule has 4 heterocycles. The summed E-state index contributed by atoms with van der Waals surface area (Å²) < 4.78 is 52.8. The van der Waals surface area contributed by atoms with E-state index in [9.17, 15) is 16.8 Å². The molecule has 8 nitrogen and oxygen atoms in total. The number of aromatic nitrogens is 2. The van der Waals surface area contributed by atoms with Crippen molar-refractivity contribution in [2.75, 3.05) is 42.6 Å². The molecule has 2 aliphatic heterocycles.